The molecule has 4 rings (SSSR count). The number of hydrogen-bond donors (Lipinski definition) is 1. The lowest BCUT2D eigenvalue weighted by atomic mass is 10.1. The van der Waals surface area contributed by atoms with Gasteiger partial charge in [-0.15, -0.1) is 0 Å². The van der Waals surface area contributed by atoms with Crippen LogP contribution in [0.4, 0.5) is 10.1 Å². The van der Waals surface area contributed by atoms with Crippen molar-refractivity contribution in [3.05, 3.63) is 93.7 Å². The van der Waals surface area contributed by atoms with Crippen molar-refractivity contribution in [3.8, 4) is 0 Å². The molecule has 0 aromatic heterocycles. The standard InChI is InChI=1S/C31H34Cl2FN3O4S/c1-3-29(31(39)35-26-6-4-5-7-26)36(19-22-10-12-25(34)13-11-22)30(38)20-37(27-17-23(32)16-24(33)18-27)42(40,41)28-14-8-21(2)9-15-28/h8-18,26,29H,3-7,19-20H2,1-2H3,(H,35,39)/t29-/m0/s1. The Kier molecular flexibility index (Phi) is 10.5. The van der Waals surface area contributed by atoms with Crippen molar-refractivity contribution in [2.45, 2.75) is 69.5 Å². The summed E-state index contributed by atoms with van der Waals surface area (Å²) in [5.41, 5.74) is 1.56. The monoisotopic (exact) mass is 633 g/mol. The molecule has 0 radical (unpaired) electrons. The number of nitrogens with one attached hydrogen (secondary N) is 1. The molecule has 0 bridgehead atoms. The normalized spacial score (nSPS) is 14.4. The number of rotatable bonds is 11. The number of aryl methyl sites for hydroxylation is 1. The molecule has 7 nitrogen and oxygen atoms in total. The largest absolute Gasteiger partial charge is 0.352 e. The van der Waals surface area contributed by atoms with Crippen LogP contribution in [0.1, 0.15) is 50.2 Å². The van der Waals surface area contributed by atoms with Crippen LogP contribution in [-0.2, 0) is 26.2 Å². The number of amides is 2. The second kappa shape index (κ2) is 13.9. The van der Waals surface area contributed by atoms with Gasteiger partial charge in [0.05, 0.1) is 10.6 Å². The van der Waals surface area contributed by atoms with Crippen molar-refractivity contribution in [3.63, 3.8) is 0 Å². The van der Waals surface area contributed by atoms with E-state index in [-0.39, 0.29) is 39.1 Å². The molecule has 1 N–H and O–H groups in total. The fourth-order valence-corrected chi connectivity index (χ4v) is 7.04. The maximum atomic E-state index is 14.1. The van der Waals surface area contributed by atoms with Crippen molar-refractivity contribution in [1.29, 1.82) is 0 Å². The van der Waals surface area contributed by atoms with E-state index < -0.39 is 34.3 Å². The van der Waals surface area contributed by atoms with Crippen molar-refractivity contribution in [2.75, 3.05) is 10.8 Å². The lowest BCUT2D eigenvalue weighted by molar-refractivity contribution is -0.140. The van der Waals surface area contributed by atoms with Crippen LogP contribution in [0.15, 0.2) is 71.6 Å². The number of carbonyl (C=O) groups excluding carboxylic acids is 2. The minimum atomic E-state index is -4.26. The Morgan fingerprint density at radius 2 is 1.57 bits per heavy atom. The summed E-state index contributed by atoms with van der Waals surface area (Å²) in [6, 6.07) is 15.3. The molecule has 1 aliphatic rings. The Morgan fingerprint density at radius 3 is 2.14 bits per heavy atom. The second-order valence-corrected chi connectivity index (χ2v) is 13.2. The third kappa shape index (κ3) is 7.82. The highest BCUT2D eigenvalue weighted by atomic mass is 35.5. The molecule has 3 aromatic rings. The fraction of sp³-hybridized carbons (Fsp3) is 0.355. The highest BCUT2D eigenvalue weighted by molar-refractivity contribution is 7.92. The van der Waals surface area contributed by atoms with Crippen LogP contribution >= 0.6 is 23.2 Å². The Morgan fingerprint density at radius 1 is 0.976 bits per heavy atom. The van der Waals surface area contributed by atoms with Gasteiger partial charge in [-0.25, -0.2) is 12.8 Å². The Labute approximate surface area is 256 Å². The van der Waals surface area contributed by atoms with Gasteiger partial charge in [0.25, 0.3) is 10.0 Å². The summed E-state index contributed by atoms with van der Waals surface area (Å²) in [6.45, 7) is 2.98. The molecule has 224 valence electrons. The van der Waals surface area contributed by atoms with Crippen molar-refractivity contribution in [1.82, 2.24) is 10.2 Å². The molecular formula is C31H34Cl2FN3O4S. The molecule has 0 unspecified atom stereocenters. The van der Waals surface area contributed by atoms with E-state index in [4.69, 9.17) is 23.2 Å². The molecule has 42 heavy (non-hydrogen) atoms. The maximum absolute atomic E-state index is 14.1. The zero-order valence-electron chi connectivity index (χ0n) is 23.5. The number of hydrogen-bond acceptors (Lipinski definition) is 4. The average molecular weight is 635 g/mol. The first kappa shape index (κ1) is 31.8. The van der Waals surface area contributed by atoms with Crippen LogP contribution in [0.5, 0.6) is 0 Å². The Balaban J connectivity index is 1.73. The van der Waals surface area contributed by atoms with Gasteiger partial charge in [0.2, 0.25) is 11.8 Å². The van der Waals surface area contributed by atoms with E-state index in [9.17, 15) is 22.4 Å². The molecule has 0 aliphatic heterocycles. The molecular weight excluding hydrogens is 600 g/mol. The minimum Gasteiger partial charge on any atom is -0.352 e. The molecule has 1 saturated carbocycles. The van der Waals surface area contributed by atoms with Crippen LogP contribution in [-0.4, -0.2) is 43.8 Å². The topological polar surface area (TPSA) is 86.8 Å². The number of carbonyl (C=O) groups is 2. The molecule has 1 fully saturated rings. The van der Waals surface area contributed by atoms with Gasteiger partial charge < -0.3 is 10.2 Å². The minimum absolute atomic E-state index is 0.0203. The summed E-state index contributed by atoms with van der Waals surface area (Å²) in [6.07, 6.45) is 4.07. The van der Waals surface area contributed by atoms with Crippen molar-refractivity contribution in [2.24, 2.45) is 0 Å². The molecule has 3 aromatic carbocycles. The summed E-state index contributed by atoms with van der Waals surface area (Å²) in [5, 5.41) is 3.45. The average Bonchev–Trinajstić information content (AvgIpc) is 3.45. The van der Waals surface area contributed by atoms with Gasteiger partial charge in [-0.05, 0) is 74.2 Å². The number of anilines is 1. The Bertz CT molecular complexity index is 1490. The summed E-state index contributed by atoms with van der Waals surface area (Å²) < 4.78 is 42.6. The zero-order valence-corrected chi connectivity index (χ0v) is 25.9. The number of halogens is 3. The first-order chi connectivity index (χ1) is 20.0. The second-order valence-electron chi connectivity index (χ2n) is 10.5. The van der Waals surface area contributed by atoms with Gasteiger partial charge in [-0.2, -0.15) is 0 Å². The third-order valence-corrected chi connectivity index (χ3v) is 9.60. The maximum Gasteiger partial charge on any atom is 0.264 e. The highest BCUT2D eigenvalue weighted by Gasteiger charge is 2.34. The number of sulfonamides is 1. The molecule has 1 atom stereocenters. The molecule has 11 heteroatoms. The van der Waals surface area contributed by atoms with Gasteiger partial charge in [-0.1, -0.05) is 72.8 Å². The first-order valence-electron chi connectivity index (χ1n) is 13.9. The highest BCUT2D eigenvalue weighted by Crippen LogP contribution is 2.30. The first-order valence-corrected chi connectivity index (χ1v) is 16.1. The summed E-state index contributed by atoms with van der Waals surface area (Å²) in [5.74, 6) is -1.35. The van der Waals surface area contributed by atoms with Crippen LogP contribution < -0.4 is 9.62 Å². The predicted octanol–water partition coefficient (Wildman–Crippen LogP) is 6.50. The third-order valence-electron chi connectivity index (χ3n) is 7.38. The van der Waals surface area contributed by atoms with Gasteiger partial charge in [0.15, 0.2) is 0 Å². The lowest BCUT2D eigenvalue weighted by Crippen LogP contribution is -2.53. The quantitative estimate of drug-likeness (QED) is 0.261. The van der Waals surface area contributed by atoms with Crippen LogP contribution in [0.2, 0.25) is 10.0 Å². The lowest BCUT2D eigenvalue weighted by Gasteiger charge is -2.34. The van der Waals surface area contributed by atoms with E-state index in [1.807, 2.05) is 6.92 Å². The van der Waals surface area contributed by atoms with Crippen LogP contribution in [0.3, 0.4) is 0 Å². The van der Waals surface area contributed by atoms with E-state index >= 15 is 0 Å². The summed E-state index contributed by atoms with van der Waals surface area (Å²) in [7, 11) is -4.26. The molecule has 2 amide bonds. The SMILES string of the molecule is CC[C@@H](C(=O)NC1CCCC1)N(Cc1ccc(F)cc1)C(=O)CN(c1cc(Cl)cc(Cl)c1)S(=O)(=O)c1ccc(C)cc1. The predicted molar refractivity (Wildman–Crippen MR) is 164 cm³/mol. The molecule has 1 aliphatic carbocycles. The summed E-state index contributed by atoms with van der Waals surface area (Å²) in [4.78, 5) is 29.0. The van der Waals surface area contributed by atoms with E-state index in [1.54, 1.807) is 19.1 Å². The van der Waals surface area contributed by atoms with Crippen LogP contribution in [0.25, 0.3) is 0 Å². The van der Waals surface area contributed by atoms with Crippen molar-refractivity contribution < 1.29 is 22.4 Å². The zero-order chi connectivity index (χ0) is 30.4. The molecule has 0 spiro atoms. The molecule has 0 heterocycles. The molecule has 0 saturated heterocycles. The van der Waals surface area contributed by atoms with Gasteiger partial charge in [0.1, 0.15) is 18.4 Å². The van der Waals surface area contributed by atoms with Gasteiger partial charge >= 0.3 is 0 Å². The van der Waals surface area contributed by atoms with E-state index in [1.165, 1.54) is 59.5 Å². The van der Waals surface area contributed by atoms with Crippen molar-refractivity contribution >= 4 is 50.7 Å². The van der Waals surface area contributed by atoms with Crippen LogP contribution in [0, 0.1) is 12.7 Å². The van der Waals surface area contributed by atoms with E-state index in [0.29, 0.717) is 12.0 Å². The van der Waals surface area contributed by atoms with E-state index in [2.05, 4.69) is 5.32 Å². The summed E-state index contributed by atoms with van der Waals surface area (Å²) >= 11 is 12.5. The number of nitrogens with zero attached hydrogens (tertiary/aromatic N) is 2. The van der Waals surface area contributed by atoms with Gasteiger partial charge in [0, 0.05) is 22.6 Å². The number of benzene rings is 3. The Hall–Kier alpha value is -3.14. The van der Waals surface area contributed by atoms with Gasteiger partial charge in [-0.3, -0.25) is 13.9 Å². The fourth-order valence-electron chi connectivity index (χ4n) is 5.12. The smallest absolute Gasteiger partial charge is 0.264 e. The van der Waals surface area contributed by atoms with E-state index in [0.717, 1.165) is 35.6 Å².